The van der Waals surface area contributed by atoms with Crippen LogP contribution in [0.5, 0.6) is 0 Å². The molecule has 2 heteroatoms. The first kappa shape index (κ1) is 11.2. The van der Waals surface area contributed by atoms with Gasteiger partial charge in [0, 0.05) is 16.8 Å². The van der Waals surface area contributed by atoms with Crippen LogP contribution in [0.2, 0.25) is 0 Å². The zero-order valence-electron chi connectivity index (χ0n) is 10.4. The van der Waals surface area contributed by atoms with Crippen LogP contribution in [0.1, 0.15) is 50.0 Å². The molecule has 0 saturated heterocycles. The molecule has 1 aliphatic rings. The fourth-order valence-electron chi connectivity index (χ4n) is 2.91. The first-order chi connectivity index (χ1) is 7.34. The van der Waals surface area contributed by atoms with E-state index < -0.39 is 0 Å². The molecule has 2 rings (SSSR count). The van der Waals surface area contributed by atoms with Gasteiger partial charge in [-0.15, -0.1) is 0 Å². The summed E-state index contributed by atoms with van der Waals surface area (Å²) in [5.74, 6) is 0. The van der Waals surface area contributed by atoms with Gasteiger partial charge in [-0.3, -0.25) is 4.79 Å². The van der Waals surface area contributed by atoms with E-state index in [1.807, 2.05) is 18.2 Å². The van der Waals surface area contributed by atoms with Gasteiger partial charge in [0.15, 0.2) is 0 Å². The fraction of sp³-hybridized carbons (Fsp3) is 0.500. The molecule has 0 aliphatic carbocycles. The number of carbonyl (C=O) groups excluding carboxylic acids is 1. The summed E-state index contributed by atoms with van der Waals surface area (Å²) in [5, 5.41) is 3.53. The van der Waals surface area contributed by atoms with E-state index >= 15 is 0 Å². The summed E-state index contributed by atoms with van der Waals surface area (Å²) in [6, 6.07) is 5.89. The Balaban J connectivity index is 2.55. The molecule has 1 aliphatic heterocycles. The van der Waals surface area contributed by atoms with Crippen LogP contribution in [0.4, 0.5) is 5.69 Å². The molecule has 0 spiro atoms. The number of rotatable bonds is 1. The van der Waals surface area contributed by atoms with E-state index in [4.69, 9.17) is 0 Å². The van der Waals surface area contributed by atoms with E-state index in [0.717, 1.165) is 24.0 Å². The number of hydrogen-bond donors (Lipinski definition) is 1. The highest BCUT2D eigenvalue weighted by Gasteiger charge is 2.36. The van der Waals surface area contributed by atoms with E-state index in [0.29, 0.717) is 0 Å². The standard InChI is InChI=1S/C14H19NO/c1-13(2)9-14(3,4)15-12-6-5-10(8-16)7-11(12)13/h5-8,15H,9H2,1-4H3. The molecule has 1 aromatic carbocycles. The van der Waals surface area contributed by atoms with Crippen molar-refractivity contribution in [3.05, 3.63) is 29.3 Å². The maximum atomic E-state index is 10.8. The molecule has 0 radical (unpaired) electrons. The van der Waals surface area contributed by atoms with Crippen LogP contribution in [0.25, 0.3) is 0 Å². The van der Waals surface area contributed by atoms with Crippen LogP contribution in [0.3, 0.4) is 0 Å². The number of aldehydes is 1. The van der Waals surface area contributed by atoms with Crippen molar-refractivity contribution >= 4 is 12.0 Å². The Kier molecular flexibility index (Phi) is 2.33. The lowest BCUT2D eigenvalue weighted by Crippen LogP contribution is -2.43. The molecule has 0 atom stereocenters. The molecule has 0 aromatic heterocycles. The molecule has 0 unspecified atom stereocenters. The zero-order chi connectivity index (χ0) is 12.0. The van der Waals surface area contributed by atoms with Crippen LogP contribution < -0.4 is 5.32 Å². The Morgan fingerprint density at radius 3 is 2.56 bits per heavy atom. The third kappa shape index (κ3) is 1.84. The Bertz CT molecular complexity index is 432. The van der Waals surface area contributed by atoms with Crippen molar-refractivity contribution in [3.8, 4) is 0 Å². The normalized spacial score (nSPS) is 20.8. The first-order valence-electron chi connectivity index (χ1n) is 5.72. The van der Waals surface area contributed by atoms with Gasteiger partial charge in [0.25, 0.3) is 0 Å². The highest BCUT2D eigenvalue weighted by Crippen LogP contribution is 2.42. The monoisotopic (exact) mass is 217 g/mol. The molecular weight excluding hydrogens is 198 g/mol. The average Bonchev–Trinajstić information content (AvgIpc) is 2.14. The van der Waals surface area contributed by atoms with Crippen molar-refractivity contribution in [2.75, 3.05) is 5.32 Å². The van der Waals surface area contributed by atoms with Crippen LogP contribution in [-0.4, -0.2) is 11.8 Å². The maximum Gasteiger partial charge on any atom is 0.150 e. The molecule has 1 N–H and O–H groups in total. The van der Waals surface area contributed by atoms with Crippen molar-refractivity contribution < 1.29 is 4.79 Å². The number of nitrogens with one attached hydrogen (secondary N) is 1. The number of anilines is 1. The predicted molar refractivity (Wildman–Crippen MR) is 67.2 cm³/mol. The fourth-order valence-corrected chi connectivity index (χ4v) is 2.91. The number of hydrogen-bond acceptors (Lipinski definition) is 2. The summed E-state index contributed by atoms with van der Waals surface area (Å²) in [7, 11) is 0. The largest absolute Gasteiger partial charge is 0.380 e. The lowest BCUT2D eigenvalue weighted by molar-refractivity contribution is 0.112. The zero-order valence-corrected chi connectivity index (χ0v) is 10.4. The van der Waals surface area contributed by atoms with E-state index in [1.54, 1.807) is 0 Å². The average molecular weight is 217 g/mol. The van der Waals surface area contributed by atoms with E-state index in [2.05, 4.69) is 33.0 Å². The SMILES string of the molecule is CC1(C)CC(C)(C)c2cc(C=O)ccc2N1. The summed E-state index contributed by atoms with van der Waals surface area (Å²) in [6.45, 7) is 8.91. The molecule has 0 saturated carbocycles. The summed E-state index contributed by atoms with van der Waals surface area (Å²) >= 11 is 0. The van der Waals surface area contributed by atoms with Crippen molar-refractivity contribution in [2.45, 2.75) is 45.1 Å². The van der Waals surface area contributed by atoms with E-state index in [1.165, 1.54) is 5.56 Å². The summed E-state index contributed by atoms with van der Waals surface area (Å²) in [5.41, 5.74) is 3.39. The van der Waals surface area contributed by atoms with Crippen LogP contribution >= 0.6 is 0 Å². The third-order valence-corrected chi connectivity index (χ3v) is 3.27. The second kappa shape index (κ2) is 3.34. The summed E-state index contributed by atoms with van der Waals surface area (Å²) in [4.78, 5) is 10.8. The second-order valence-electron chi connectivity index (χ2n) is 5.99. The lowest BCUT2D eigenvalue weighted by atomic mass is 9.71. The first-order valence-corrected chi connectivity index (χ1v) is 5.72. The molecule has 2 nitrogen and oxygen atoms in total. The topological polar surface area (TPSA) is 29.1 Å². The van der Waals surface area contributed by atoms with Gasteiger partial charge in [0.1, 0.15) is 6.29 Å². The van der Waals surface area contributed by atoms with Gasteiger partial charge in [-0.25, -0.2) is 0 Å². The number of benzene rings is 1. The second-order valence-corrected chi connectivity index (χ2v) is 5.99. The molecule has 0 fully saturated rings. The molecule has 0 amide bonds. The highest BCUT2D eigenvalue weighted by atomic mass is 16.1. The van der Waals surface area contributed by atoms with Gasteiger partial charge in [0.05, 0.1) is 0 Å². The lowest BCUT2D eigenvalue weighted by Gasteiger charge is -2.43. The van der Waals surface area contributed by atoms with Gasteiger partial charge in [-0.2, -0.15) is 0 Å². The van der Waals surface area contributed by atoms with Gasteiger partial charge in [0.2, 0.25) is 0 Å². The Morgan fingerprint density at radius 1 is 1.25 bits per heavy atom. The highest BCUT2D eigenvalue weighted by molar-refractivity contribution is 5.77. The van der Waals surface area contributed by atoms with Crippen molar-refractivity contribution in [1.29, 1.82) is 0 Å². The Morgan fingerprint density at radius 2 is 1.94 bits per heavy atom. The van der Waals surface area contributed by atoms with Crippen molar-refractivity contribution in [2.24, 2.45) is 0 Å². The third-order valence-electron chi connectivity index (χ3n) is 3.27. The Labute approximate surface area is 97.1 Å². The summed E-state index contributed by atoms with van der Waals surface area (Å²) in [6.07, 6.45) is 1.98. The molecule has 16 heavy (non-hydrogen) atoms. The van der Waals surface area contributed by atoms with E-state index in [9.17, 15) is 4.79 Å². The minimum Gasteiger partial charge on any atom is -0.380 e. The van der Waals surface area contributed by atoms with Crippen LogP contribution in [0, 0.1) is 0 Å². The summed E-state index contributed by atoms with van der Waals surface area (Å²) < 4.78 is 0. The number of carbonyl (C=O) groups is 1. The molecular formula is C14H19NO. The van der Waals surface area contributed by atoms with Gasteiger partial charge < -0.3 is 5.32 Å². The maximum absolute atomic E-state index is 10.8. The Hall–Kier alpha value is -1.31. The quantitative estimate of drug-likeness (QED) is 0.731. The van der Waals surface area contributed by atoms with E-state index in [-0.39, 0.29) is 11.0 Å². The molecule has 1 heterocycles. The molecule has 1 aromatic rings. The van der Waals surface area contributed by atoms with Crippen molar-refractivity contribution in [3.63, 3.8) is 0 Å². The van der Waals surface area contributed by atoms with Crippen LogP contribution in [0.15, 0.2) is 18.2 Å². The smallest absolute Gasteiger partial charge is 0.150 e. The van der Waals surface area contributed by atoms with Gasteiger partial charge in [-0.1, -0.05) is 13.8 Å². The number of fused-ring (bicyclic) bond motifs is 1. The molecule has 0 bridgehead atoms. The van der Waals surface area contributed by atoms with Gasteiger partial charge in [-0.05, 0) is 49.4 Å². The van der Waals surface area contributed by atoms with Crippen LogP contribution in [-0.2, 0) is 5.41 Å². The van der Waals surface area contributed by atoms with Crippen molar-refractivity contribution in [1.82, 2.24) is 0 Å². The predicted octanol–water partition coefficient (Wildman–Crippen LogP) is 3.37. The van der Waals surface area contributed by atoms with Gasteiger partial charge >= 0.3 is 0 Å². The minimum atomic E-state index is 0.110. The minimum absolute atomic E-state index is 0.110. The molecule has 86 valence electrons.